The van der Waals surface area contributed by atoms with Crippen molar-refractivity contribution in [3.8, 4) is 5.75 Å². The number of rotatable bonds is 5. The van der Waals surface area contributed by atoms with Crippen LogP contribution in [0.25, 0.3) is 6.08 Å². The monoisotopic (exact) mass is 288 g/mol. The van der Waals surface area contributed by atoms with E-state index in [1.165, 1.54) is 0 Å². The molecule has 0 bridgehead atoms. The van der Waals surface area contributed by atoms with Gasteiger partial charge in [-0.25, -0.2) is 4.79 Å². The van der Waals surface area contributed by atoms with E-state index in [0.717, 1.165) is 33.4 Å². The molecule has 1 N–H and O–H groups in total. The topological polar surface area (TPSA) is 46.5 Å². The van der Waals surface area contributed by atoms with Gasteiger partial charge in [0.2, 0.25) is 0 Å². The molecular formula is C16H16O3S. The van der Waals surface area contributed by atoms with Crippen LogP contribution in [0.4, 0.5) is 0 Å². The maximum Gasteiger partial charge on any atom is 0.328 e. The first kappa shape index (κ1) is 14.3. The lowest BCUT2D eigenvalue weighted by molar-refractivity contribution is -0.131. The maximum absolute atomic E-state index is 10.6. The fourth-order valence-corrected chi connectivity index (χ4v) is 2.72. The molecule has 0 saturated heterocycles. The van der Waals surface area contributed by atoms with Gasteiger partial charge in [0.1, 0.15) is 12.4 Å². The van der Waals surface area contributed by atoms with Crippen LogP contribution < -0.4 is 4.74 Å². The number of ether oxygens (including phenoxy) is 1. The predicted octanol–water partition coefficient (Wildman–Crippen LogP) is 4.04. The number of para-hydroxylation sites is 1. The Kier molecular flexibility index (Phi) is 4.58. The minimum absolute atomic E-state index is 0.447. The SMILES string of the molecule is Cc1cccc(C)c1OCc1sccc1C=CC(=O)O. The quantitative estimate of drug-likeness (QED) is 0.845. The lowest BCUT2D eigenvalue weighted by Gasteiger charge is -2.11. The van der Waals surface area contributed by atoms with E-state index in [4.69, 9.17) is 9.84 Å². The van der Waals surface area contributed by atoms with Crippen LogP contribution >= 0.6 is 11.3 Å². The second-order valence-corrected chi connectivity index (χ2v) is 5.48. The fourth-order valence-electron chi connectivity index (χ4n) is 1.94. The minimum atomic E-state index is -0.946. The summed E-state index contributed by atoms with van der Waals surface area (Å²) in [6.45, 7) is 4.48. The molecule has 1 heterocycles. The zero-order chi connectivity index (χ0) is 14.5. The molecule has 104 valence electrons. The molecule has 2 aromatic rings. The predicted molar refractivity (Wildman–Crippen MR) is 81.2 cm³/mol. The van der Waals surface area contributed by atoms with Crippen molar-refractivity contribution >= 4 is 23.4 Å². The number of aliphatic carboxylic acids is 1. The summed E-state index contributed by atoms with van der Waals surface area (Å²) in [6, 6.07) is 7.93. The second-order valence-electron chi connectivity index (χ2n) is 4.48. The van der Waals surface area contributed by atoms with E-state index < -0.39 is 5.97 Å². The highest BCUT2D eigenvalue weighted by atomic mass is 32.1. The van der Waals surface area contributed by atoms with E-state index in [9.17, 15) is 4.79 Å². The van der Waals surface area contributed by atoms with Crippen LogP contribution in [0.2, 0.25) is 0 Å². The Hall–Kier alpha value is -2.07. The van der Waals surface area contributed by atoms with Gasteiger partial charge in [-0.2, -0.15) is 0 Å². The Bertz CT molecular complexity index is 621. The molecule has 0 aliphatic heterocycles. The number of carboxylic acid groups (broad SMARTS) is 1. The first-order valence-electron chi connectivity index (χ1n) is 6.24. The van der Waals surface area contributed by atoms with Crippen molar-refractivity contribution in [3.63, 3.8) is 0 Å². The zero-order valence-corrected chi connectivity index (χ0v) is 12.2. The summed E-state index contributed by atoms with van der Waals surface area (Å²) in [6.07, 6.45) is 2.74. The first-order valence-corrected chi connectivity index (χ1v) is 7.12. The van der Waals surface area contributed by atoms with Crippen molar-refractivity contribution in [1.82, 2.24) is 0 Å². The molecule has 20 heavy (non-hydrogen) atoms. The Morgan fingerprint density at radius 1 is 1.30 bits per heavy atom. The van der Waals surface area contributed by atoms with Crippen LogP contribution in [0.1, 0.15) is 21.6 Å². The number of hydrogen-bond donors (Lipinski definition) is 1. The molecule has 0 aliphatic carbocycles. The molecule has 4 heteroatoms. The van der Waals surface area contributed by atoms with Crippen molar-refractivity contribution in [3.05, 3.63) is 57.3 Å². The third kappa shape index (κ3) is 3.48. The average Bonchev–Trinajstić information content (AvgIpc) is 2.83. The molecule has 3 nitrogen and oxygen atoms in total. The summed E-state index contributed by atoms with van der Waals surface area (Å²) in [4.78, 5) is 11.6. The van der Waals surface area contributed by atoms with Gasteiger partial charge in [0.15, 0.2) is 0 Å². The first-order chi connectivity index (χ1) is 9.58. The number of carbonyl (C=O) groups is 1. The number of hydrogen-bond acceptors (Lipinski definition) is 3. The summed E-state index contributed by atoms with van der Waals surface area (Å²) >= 11 is 1.56. The normalized spacial score (nSPS) is 10.9. The van der Waals surface area contributed by atoms with Gasteiger partial charge in [-0.15, -0.1) is 11.3 Å². The molecule has 0 atom stereocenters. The second kappa shape index (κ2) is 6.39. The van der Waals surface area contributed by atoms with Crippen LogP contribution in [0.15, 0.2) is 35.7 Å². The zero-order valence-electron chi connectivity index (χ0n) is 11.4. The molecule has 2 rings (SSSR count). The lowest BCUT2D eigenvalue weighted by Crippen LogP contribution is -1.98. The van der Waals surface area contributed by atoms with E-state index in [1.807, 2.05) is 43.5 Å². The fraction of sp³-hybridized carbons (Fsp3) is 0.188. The molecule has 0 amide bonds. The molecule has 0 spiro atoms. The van der Waals surface area contributed by atoms with Crippen LogP contribution in [-0.4, -0.2) is 11.1 Å². The van der Waals surface area contributed by atoms with Crippen molar-refractivity contribution in [2.45, 2.75) is 20.5 Å². The van der Waals surface area contributed by atoms with Crippen molar-refractivity contribution in [1.29, 1.82) is 0 Å². The van der Waals surface area contributed by atoms with Gasteiger partial charge in [0.05, 0.1) is 0 Å². The Labute approximate surface area is 122 Å². The molecular weight excluding hydrogens is 272 g/mol. The molecule has 0 radical (unpaired) electrons. The Morgan fingerprint density at radius 3 is 2.65 bits per heavy atom. The van der Waals surface area contributed by atoms with Gasteiger partial charge in [-0.1, -0.05) is 18.2 Å². The largest absolute Gasteiger partial charge is 0.487 e. The Morgan fingerprint density at radius 2 is 2.00 bits per heavy atom. The molecule has 1 aromatic carbocycles. The Balaban J connectivity index is 2.12. The highest BCUT2D eigenvalue weighted by Crippen LogP contribution is 2.26. The minimum Gasteiger partial charge on any atom is -0.487 e. The summed E-state index contributed by atoms with van der Waals surface area (Å²) in [5.41, 5.74) is 3.09. The van der Waals surface area contributed by atoms with E-state index in [0.29, 0.717) is 6.61 Å². The van der Waals surface area contributed by atoms with E-state index in [1.54, 1.807) is 17.4 Å². The summed E-state index contributed by atoms with van der Waals surface area (Å²) in [5, 5.41) is 10.6. The molecule has 0 unspecified atom stereocenters. The number of thiophene rings is 1. The van der Waals surface area contributed by atoms with Gasteiger partial charge in [0, 0.05) is 11.0 Å². The standard InChI is InChI=1S/C16H16O3S/c1-11-4-3-5-12(2)16(11)19-10-14-13(8-9-20-14)6-7-15(17)18/h3-9H,10H2,1-2H3,(H,17,18). The highest BCUT2D eigenvalue weighted by molar-refractivity contribution is 7.10. The van der Waals surface area contributed by atoms with E-state index in [-0.39, 0.29) is 0 Å². The third-order valence-corrected chi connectivity index (χ3v) is 3.85. The van der Waals surface area contributed by atoms with E-state index in [2.05, 4.69) is 0 Å². The highest BCUT2D eigenvalue weighted by Gasteiger charge is 2.07. The van der Waals surface area contributed by atoms with Gasteiger partial charge in [0.25, 0.3) is 0 Å². The molecule has 1 aromatic heterocycles. The van der Waals surface area contributed by atoms with Crippen molar-refractivity contribution < 1.29 is 14.6 Å². The van der Waals surface area contributed by atoms with Crippen molar-refractivity contribution in [2.75, 3.05) is 0 Å². The van der Waals surface area contributed by atoms with Gasteiger partial charge >= 0.3 is 5.97 Å². The maximum atomic E-state index is 10.6. The van der Waals surface area contributed by atoms with Crippen LogP contribution in [0.5, 0.6) is 5.75 Å². The number of aryl methyl sites for hydroxylation is 2. The molecule has 0 fully saturated rings. The molecule has 0 aliphatic rings. The summed E-state index contributed by atoms with van der Waals surface area (Å²) < 4.78 is 5.89. The lowest BCUT2D eigenvalue weighted by atomic mass is 10.1. The van der Waals surface area contributed by atoms with Gasteiger partial charge < -0.3 is 9.84 Å². The van der Waals surface area contributed by atoms with Crippen LogP contribution in [0, 0.1) is 13.8 Å². The third-order valence-electron chi connectivity index (χ3n) is 2.94. The number of benzene rings is 1. The smallest absolute Gasteiger partial charge is 0.328 e. The summed E-state index contributed by atoms with van der Waals surface area (Å²) in [7, 11) is 0. The molecule has 0 saturated carbocycles. The van der Waals surface area contributed by atoms with Gasteiger partial charge in [-0.3, -0.25) is 0 Å². The number of carboxylic acids is 1. The van der Waals surface area contributed by atoms with E-state index >= 15 is 0 Å². The van der Waals surface area contributed by atoms with Crippen LogP contribution in [-0.2, 0) is 11.4 Å². The van der Waals surface area contributed by atoms with Gasteiger partial charge in [-0.05, 0) is 48.1 Å². The average molecular weight is 288 g/mol. The summed E-state index contributed by atoms with van der Waals surface area (Å²) in [5.74, 6) is -0.0492. The van der Waals surface area contributed by atoms with Crippen molar-refractivity contribution in [2.24, 2.45) is 0 Å². The van der Waals surface area contributed by atoms with Crippen LogP contribution in [0.3, 0.4) is 0 Å².